The van der Waals surface area contributed by atoms with Gasteiger partial charge in [0.05, 0.1) is 6.04 Å². The highest BCUT2D eigenvalue weighted by Gasteiger charge is 2.25. The predicted octanol–water partition coefficient (Wildman–Crippen LogP) is 2.44. The SMILES string of the molecule is CC(C)c1ccc(N(C)C(=O)C2CSCN2)cc1. The molecule has 0 aliphatic carbocycles. The fourth-order valence-corrected chi connectivity index (χ4v) is 2.93. The Labute approximate surface area is 113 Å². The molecule has 0 bridgehead atoms. The van der Waals surface area contributed by atoms with Gasteiger partial charge in [0.25, 0.3) is 0 Å². The van der Waals surface area contributed by atoms with Crippen molar-refractivity contribution in [2.24, 2.45) is 0 Å². The highest BCUT2D eigenvalue weighted by atomic mass is 32.2. The van der Waals surface area contributed by atoms with Gasteiger partial charge in [0.1, 0.15) is 0 Å². The summed E-state index contributed by atoms with van der Waals surface area (Å²) in [6.45, 7) is 4.34. The number of rotatable bonds is 3. The molecule has 2 rings (SSSR count). The average molecular weight is 264 g/mol. The van der Waals surface area contributed by atoms with Crippen molar-refractivity contribution >= 4 is 23.4 Å². The van der Waals surface area contributed by atoms with E-state index in [-0.39, 0.29) is 11.9 Å². The van der Waals surface area contributed by atoms with E-state index in [0.29, 0.717) is 5.92 Å². The van der Waals surface area contributed by atoms with E-state index in [2.05, 4.69) is 31.3 Å². The van der Waals surface area contributed by atoms with Gasteiger partial charge in [0.15, 0.2) is 0 Å². The molecule has 0 radical (unpaired) electrons. The molecule has 4 heteroatoms. The first-order valence-electron chi connectivity index (χ1n) is 6.28. The molecule has 0 spiro atoms. The Balaban J connectivity index is 2.08. The third-order valence-electron chi connectivity index (χ3n) is 3.29. The molecule has 1 fully saturated rings. The van der Waals surface area contributed by atoms with Gasteiger partial charge >= 0.3 is 0 Å². The number of carbonyl (C=O) groups excluding carboxylic acids is 1. The van der Waals surface area contributed by atoms with E-state index in [1.54, 1.807) is 16.7 Å². The molecule has 1 saturated heterocycles. The number of thioether (sulfide) groups is 1. The third kappa shape index (κ3) is 2.87. The Morgan fingerprint density at radius 2 is 2.06 bits per heavy atom. The summed E-state index contributed by atoms with van der Waals surface area (Å²) in [5.41, 5.74) is 2.26. The normalized spacial score (nSPS) is 19.2. The molecule has 0 aromatic heterocycles. The van der Waals surface area contributed by atoms with Crippen molar-refractivity contribution < 1.29 is 4.79 Å². The predicted molar refractivity (Wildman–Crippen MR) is 78.2 cm³/mol. The number of anilines is 1. The maximum absolute atomic E-state index is 12.2. The molecule has 1 unspecified atom stereocenters. The first-order chi connectivity index (χ1) is 8.59. The van der Waals surface area contributed by atoms with E-state index in [4.69, 9.17) is 0 Å². The Morgan fingerprint density at radius 1 is 1.39 bits per heavy atom. The lowest BCUT2D eigenvalue weighted by atomic mass is 10.0. The Hall–Kier alpha value is -1.00. The van der Waals surface area contributed by atoms with Gasteiger partial charge in [-0.3, -0.25) is 10.1 Å². The summed E-state index contributed by atoms with van der Waals surface area (Å²) in [4.78, 5) is 14.0. The monoisotopic (exact) mass is 264 g/mol. The topological polar surface area (TPSA) is 32.3 Å². The van der Waals surface area contributed by atoms with Crippen LogP contribution in [0.2, 0.25) is 0 Å². The van der Waals surface area contributed by atoms with E-state index in [9.17, 15) is 4.79 Å². The van der Waals surface area contributed by atoms with Crippen molar-refractivity contribution in [1.82, 2.24) is 5.32 Å². The van der Waals surface area contributed by atoms with Gasteiger partial charge in [-0.25, -0.2) is 0 Å². The quantitative estimate of drug-likeness (QED) is 0.910. The van der Waals surface area contributed by atoms with E-state index in [1.165, 1.54) is 5.56 Å². The van der Waals surface area contributed by atoms with Crippen LogP contribution in [0, 0.1) is 0 Å². The zero-order valence-electron chi connectivity index (χ0n) is 11.1. The summed E-state index contributed by atoms with van der Waals surface area (Å²) in [7, 11) is 1.84. The van der Waals surface area contributed by atoms with Crippen molar-refractivity contribution in [3.8, 4) is 0 Å². The third-order valence-corrected chi connectivity index (χ3v) is 4.23. The van der Waals surface area contributed by atoms with E-state index >= 15 is 0 Å². The summed E-state index contributed by atoms with van der Waals surface area (Å²) < 4.78 is 0. The Bertz CT molecular complexity index is 410. The first kappa shape index (κ1) is 13.4. The number of benzene rings is 1. The van der Waals surface area contributed by atoms with Gasteiger partial charge in [-0.05, 0) is 23.6 Å². The molecule has 1 N–H and O–H groups in total. The summed E-state index contributed by atoms with van der Waals surface area (Å²) in [5, 5.41) is 3.21. The summed E-state index contributed by atoms with van der Waals surface area (Å²) in [6, 6.07) is 8.20. The van der Waals surface area contributed by atoms with Gasteiger partial charge in [-0.15, -0.1) is 11.8 Å². The molecule has 1 aliphatic rings. The van der Waals surface area contributed by atoms with Crippen LogP contribution in [0.4, 0.5) is 5.69 Å². The number of nitrogens with one attached hydrogen (secondary N) is 1. The van der Waals surface area contributed by atoms with Crippen molar-refractivity contribution in [3.63, 3.8) is 0 Å². The van der Waals surface area contributed by atoms with Gasteiger partial charge in [-0.2, -0.15) is 0 Å². The minimum atomic E-state index is -0.0372. The van der Waals surface area contributed by atoms with Crippen LogP contribution < -0.4 is 10.2 Å². The highest BCUT2D eigenvalue weighted by molar-refractivity contribution is 7.99. The zero-order valence-corrected chi connectivity index (χ0v) is 12.0. The lowest BCUT2D eigenvalue weighted by Gasteiger charge is -2.21. The molecule has 1 heterocycles. The fraction of sp³-hybridized carbons (Fsp3) is 0.500. The maximum Gasteiger partial charge on any atom is 0.244 e. The lowest BCUT2D eigenvalue weighted by molar-refractivity contribution is -0.119. The largest absolute Gasteiger partial charge is 0.314 e. The summed E-state index contributed by atoms with van der Waals surface area (Å²) in [5.74, 6) is 2.41. The molecule has 18 heavy (non-hydrogen) atoms. The highest BCUT2D eigenvalue weighted by Crippen LogP contribution is 2.21. The molecule has 1 aromatic rings. The summed E-state index contributed by atoms with van der Waals surface area (Å²) >= 11 is 1.77. The smallest absolute Gasteiger partial charge is 0.244 e. The molecule has 0 saturated carbocycles. The molecule has 1 aliphatic heterocycles. The molecule has 98 valence electrons. The van der Waals surface area contributed by atoms with Gasteiger partial charge in [0, 0.05) is 24.4 Å². The standard InChI is InChI=1S/C14H20N2OS/c1-10(2)11-4-6-12(7-5-11)16(3)14(17)13-8-18-9-15-13/h4-7,10,13,15H,8-9H2,1-3H3. The van der Waals surface area contributed by atoms with Crippen molar-refractivity contribution in [2.75, 3.05) is 23.6 Å². The van der Waals surface area contributed by atoms with Crippen LogP contribution in [-0.2, 0) is 4.79 Å². The van der Waals surface area contributed by atoms with Crippen LogP contribution in [0.25, 0.3) is 0 Å². The Morgan fingerprint density at radius 3 is 2.56 bits per heavy atom. The van der Waals surface area contributed by atoms with E-state index in [0.717, 1.165) is 17.3 Å². The van der Waals surface area contributed by atoms with Crippen LogP contribution in [-0.4, -0.2) is 30.6 Å². The molecule has 1 atom stereocenters. The van der Waals surface area contributed by atoms with Crippen LogP contribution in [0.5, 0.6) is 0 Å². The number of hydrogen-bond acceptors (Lipinski definition) is 3. The minimum Gasteiger partial charge on any atom is -0.314 e. The second-order valence-corrected chi connectivity index (χ2v) is 5.95. The van der Waals surface area contributed by atoms with Crippen LogP contribution in [0.15, 0.2) is 24.3 Å². The number of hydrogen-bond donors (Lipinski definition) is 1. The van der Waals surface area contributed by atoms with E-state index < -0.39 is 0 Å². The Kier molecular flexibility index (Phi) is 4.30. The van der Waals surface area contributed by atoms with Gasteiger partial charge in [0.2, 0.25) is 5.91 Å². The zero-order chi connectivity index (χ0) is 13.1. The van der Waals surface area contributed by atoms with E-state index in [1.807, 2.05) is 19.2 Å². The number of amides is 1. The molecular weight excluding hydrogens is 244 g/mol. The van der Waals surface area contributed by atoms with Crippen molar-refractivity contribution in [3.05, 3.63) is 29.8 Å². The average Bonchev–Trinajstić information content (AvgIpc) is 2.91. The molecule has 1 aromatic carbocycles. The second kappa shape index (κ2) is 5.76. The van der Waals surface area contributed by atoms with Crippen LogP contribution in [0.1, 0.15) is 25.3 Å². The molecular formula is C14H20N2OS. The number of nitrogens with zero attached hydrogens (tertiary/aromatic N) is 1. The lowest BCUT2D eigenvalue weighted by Crippen LogP contribution is -2.43. The minimum absolute atomic E-state index is 0.0372. The number of carbonyl (C=O) groups is 1. The van der Waals surface area contributed by atoms with Crippen LogP contribution in [0.3, 0.4) is 0 Å². The fourth-order valence-electron chi connectivity index (χ4n) is 2.00. The first-order valence-corrected chi connectivity index (χ1v) is 7.43. The molecule has 1 amide bonds. The van der Waals surface area contributed by atoms with Crippen LogP contribution >= 0.6 is 11.8 Å². The van der Waals surface area contributed by atoms with Gasteiger partial charge < -0.3 is 4.90 Å². The molecule has 3 nitrogen and oxygen atoms in total. The van der Waals surface area contributed by atoms with Gasteiger partial charge in [-0.1, -0.05) is 26.0 Å². The van der Waals surface area contributed by atoms with Crippen molar-refractivity contribution in [1.29, 1.82) is 0 Å². The maximum atomic E-state index is 12.2. The second-order valence-electron chi connectivity index (χ2n) is 4.92. The number of likely N-dealkylation sites (N-methyl/N-ethyl adjacent to an activating group) is 1. The summed E-state index contributed by atoms with van der Waals surface area (Å²) in [6.07, 6.45) is 0. The van der Waals surface area contributed by atoms with Crippen molar-refractivity contribution in [2.45, 2.75) is 25.8 Å².